The van der Waals surface area contributed by atoms with Crippen LogP contribution in [0.5, 0.6) is 5.75 Å². The van der Waals surface area contributed by atoms with E-state index in [0.29, 0.717) is 47.9 Å². The number of rotatable bonds is 3. The fraction of sp³-hybridized carbons (Fsp3) is 0.217. The normalized spacial score (nSPS) is 14.7. The van der Waals surface area contributed by atoms with Gasteiger partial charge in [-0.3, -0.25) is 4.90 Å². The molecule has 0 bridgehead atoms. The Hall–Kier alpha value is -3.30. The molecule has 170 valence electrons. The van der Waals surface area contributed by atoms with Gasteiger partial charge < -0.3 is 14.3 Å². The third-order valence-electron chi connectivity index (χ3n) is 5.58. The van der Waals surface area contributed by atoms with Crippen molar-refractivity contribution in [2.24, 2.45) is 0 Å². The number of benzene rings is 2. The van der Waals surface area contributed by atoms with E-state index in [1.807, 2.05) is 10.6 Å². The molecule has 0 amide bonds. The number of fused-ring (bicyclic) bond motifs is 2. The number of ether oxygens (including phenoxy) is 1. The molecule has 1 aliphatic heterocycles. The molecule has 0 saturated carbocycles. The van der Waals surface area contributed by atoms with Gasteiger partial charge in [-0.1, -0.05) is 11.6 Å². The Morgan fingerprint density at radius 2 is 2.03 bits per heavy atom. The molecular formula is C23H18ClF3N4O2. The van der Waals surface area contributed by atoms with E-state index >= 15 is 0 Å². The summed E-state index contributed by atoms with van der Waals surface area (Å²) in [6.45, 7) is 2.18. The molecule has 0 saturated heterocycles. The number of nitrogens with zero attached hydrogens (tertiary/aromatic N) is 3. The number of alkyl halides is 3. The molecule has 10 heteroatoms. The van der Waals surface area contributed by atoms with E-state index in [2.05, 4.69) is 14.9 Å². The number of halogens is 4. The molecule has 0 spiro atoms. The van der Waals surface area contributed by atoms with Crippen molar-refractivity contribution in [3.8, 4) is 11.4 Å². The molecule has 33 heavy (non-hydrogen) atoms. The van der Waals surface area contributed by atoms with E-state index in [4.69, 9.17) is 16.3 Å². The van der Waals surface area contributed by atoms with Crippen molar-refractivity contribution in [2.75, 3.05) is 13.2 Å². The van der Waals surface area contributed by atoms with Crippen molar-refractivity contribution in [1.29, 1.82) is 0 Å². The summed E-state index contributed by atoms with van der Waals surface area (Å²) in [6.07, 6.45) is 0.499. The molecular weight excluding hydrogens is 457 g/mol. The predicted molar refractivity (Wildman–Crippen MR) is 118 cm³/mol. The summed E-state index contributed by atoms with van der Waals surface area (Å²) in [6, 6.07) is 9.01. The van der Waals surface area contributed by atoms with Crippen LogP contribution in [0, 0.1) is 0 Å². The SMILES string of the molecule is O=c1ncc(CN2CCOc3c(Cl)cc(-n4ccc5cc(C(F)(F)F)ccc54)cc3C2)c[nH]1. The van der Waals surface area contributed by atoms with Crippen LogP contribution in [0.4, 0.5) is 13.2 Å². The van der Waals surface area contributed by atoms with Crippen molar-refractivity contribution in [1.82, 2.24) is 19.4 Å². The molecule has 4 aromatic rings. The lowest BCUT2D eigenvalue weighted by atomic mass is 10.1. The number of aromatic nitrogens is 3. The van der Waals surface area contributed by atoms with Gasteiger partial charge in [0.2, 0.25) is 0 Å². The predicted octanol–water partition coefficient (Wildman–Crippen LogP) is 4.78. The standard InChI is InChI=1S/C23H18ClF3N4O2/c24-19-9-18(31-4-3-15-7-17(23(25,26)27)1-2-20(15)31)8-16-13-30(5-6-33-21(16)19)12-14-10-28-22(32)29-11-14/h1-4,7-11H,5-6,12-13H2,(H,28,29,32). The summed E-state index contributed by atoms with van der Waals surface area (Å²) in [5.41, 5.74) is 2.00. The van der Waals surface area contributed by atoms with Gasteiger partial charge >= 0.3 is 11.9 Å². The monoisotopic (exact) mass is 474 g/mol. The van der Waals surface area contributed by atoms with Crippen LogP contribution in [0.2, 0.25) is 5.02 Å². The average Bonchev–Trinajstić information content (AvgIpc) is 3.08. The zero-order valence-electron chi connectivity index (χ0n) is 17.2. The molecule has 2 aromatic carbocycles. The van der Waals surface area contributed by atoms with E-state index in [-0.39, 0.29) is 0 Å². The van der Waals surface area contributed by atoms with Crippen LogP contribution in [-0.2, 0) is 19.3 Å². The van der Waals surface area contributed by atoms with Crippen LogP contribution in [0.1, 0.15) is 16.7 Å². The second kappa shape index (κ2) is 8.24. The molecule has 0 fully saturated rings. The molecule has 3 heterocycles. The lowest BCUT2D eigenvalue weighted by molar-refractivity contribution is -0.137. The Labute approximate surface area is 191 Å². The van der Waals surface area contributed by atoms with Gasteiger partial charge in [-0.05, 0) is 36.4 Å². The quantitative estimate of drug-likeness (QED) is 0.464. The molecule has 0 aliphatic carbocycles. The Balaban J connectivity index is 1.49. The number of hydrogen-bond acceptors (Lipinski definition) is 4. The molecule has 0 radical (unpaired) electrons. The van der Waals surface area contributed by atoms with E-state index in [1.54, 1.807) is 24.5 Å². The van der Waals surface area contributed by atoms with Crippen LogP contribution in [0.15, 0.2) is 59.8 Å². The third-order valence-corrected chi connectivity index (χ3v) is 5.86. The minimum absolute atomic E-state index is 0.402. The minimum atomic E-state index is -4.40. The smallest absolute Gasteiger partial charge is 0.416 e. The van der Waals surface area contributed by atoms with Crippen LogP contribution < -0.4 is 10.4 Å². The molecule has 0 unspecified atom stereocenters. The summed E-state index contributed by atoms with van der Waals surface area (Å²) in [5, 5.41) is 0.920. The van der Waals surface area contributed by atoms with Gasteiger partial charge in [0.1, 0.15) is 12.4 Å². The highest BCUT2D eigenvalue weighted by Crippen LogP contribution is 2.36. The van der Waals surface area contributed by atoms with Gasteiger partial charge in [-0.15, -0.1) is 0 Å². The maximum atomic E-state index is 13.1. The van der Waals surface area contributed by atoms with Gasteiger partial charge in [-0.2, -0.15) is 13.2 Å². The van der Waals surface area contributed by atoms with Crippen molar-refractivity contribution in [2.45, 2.75) is 19.3 Å². The van der Waals surface area contributed by atoms with Gasteiger partial charge in [0, 0.05) is 60.4 Å². The van der Waals surface area contributed by atoms with Crippen LogP contribution in [-0.4, -0.2) is 32.6 Å². The van der Waals surface area contributed by atoms with E-state index in [1.165, 1.54) is 12.3 Å². The molecule has 6 nitrogen and oxygen atoms in total. The maximum absolute atomic E-state index is 13.1. The van der Waals surface area contributed by atoms with Crippen LogP contribution in [0.3, 0.4) is 0 Å². The first-order valence-corrected chi connectivity index (χ1v) is 10.6. The van der Waals surface area contributed by atoms with Gasteiger partial charge in [0.25, 0.3) is 0 Å². The maximum Gasteiger partial charge on any atom is 0.416 e. The Morgan fingerprint density at radius 1 is 1.18 bits per heavy atom. The molecule has 1 N–H and O–H groups in total. The third kappa shape index (κ3) is 4.34. The van der Waals surface area contributed by atoms with Crippen LogP contribution >= 0.6 is 11.6 Å². The average molecular weight is 475 g/mol. The molecule has 1 aliphatic rings. The van der Waals surface area contributed by atoms with Crippen molar-refractivity contribution >= 4 is 22.5 Å². The van der Waals surface area contributed by atoms with Gasteiger partial charge in [0.15, 0.2) is 0 Å². The second-order valence-electron chi connectivity index (χ2n) is 7.86. The summed E-state index contributed by atoms with van der Waals surface area (Å²) < 4.78 is 46.9. The van der Waals surface area contributed by atoms with E-state index < -0.39 is 17.4 Å². The largest absolute Gasteiger partial charge is 0.490 e. The summed E-state index contributed by atoms with van der Waals surface area (Å²) in [4.78, 5) is 19.7. The highest BCUT2D eigenvalue weighted by molar-refractivity contribution is 6.32. The number of aromatic amines is 1. The Kier molecular flexibility index (Phi) is 5.38. The number of nitrogens with one attached hydrogen (secondary N) is 1. The van der Waals surface area contributed by atoms with E-state index in [0.717, 1.165) is 28.9 Å². The van der Waals surface area contributed by atoms with E-state index in [9.17, 15) is 18.0 Å². The highest BCUT2D eigenvalue weighted by Gasteiger charge is 2.30. The number of H-pyrrole nitrogens is 1. The fourth-order valence-electron chi connectivity index (χ4n) is 4.04. The van der Waals surface area contributed by atoms with Crippen LogP contribution in [0.25, 0.3) is 16.6 Å². The van der Waals surface area contributed by atoms with Crippen molar-refractivity contribution in [3.63, 3.8) is 0 Å². The zero-order valence-corrected chi connectivity index (χ0v) is 18.0. The van der Waals surface area contributed by atoms with Crippen molar-refractivity contribution in [3.05, 3.63) is 87.2 Å². The Morgan fingerprint density at radius 3 is 2.79 bits per heavy atom. The minimum Gasteiger partial charge on any atom is -0.490 e. The molecule has 5 rings (SSSR count). The topological polar surface area (TPSA) is 63.2 Å². The first-order valence-electron chi connectivity index (χ1n) is 10.2. The second-order valence-corrected chi connectivity index (χ2v) is 8.27. The number of hydrogen-bond donors (Lipinski definition) is 1. The first-order chi connectivity index (χ1) is 15.8. The zero-order chi connectivity index (χ0) is 23.2. The Bertz CT molecular complexity index is 1380. The highest BCUT2D eigenvalue weighted by atomic mass is 35.5. The lowest BCUT2D eigenvalue weighted by Crippen LogP contribution is -2.26. The van der Waals surface area contributed by atoms with Gasteiger partial charge in [-0.25, -0.2) is 9.78 Å². The first kappa shape index (κ1) is 21.5. The fourth-order valence-corrected chi connectivity index (χ4v) is 4.33. The van der Waals surface area contributed by atoms with Crippen molar-refractivity contribution < 1.29 is 17.9 Å². The summed E-state index contributed by atoms with van der Waals surface area (Å²) in [7, 11) is 0. The summed E-state index contributed by atoms with van der Waals surface area (Å²) in [5.74, 6) is 0.596. The van der Waals surface area contributed by atoms with Gasteiger partial charge in [0.05, 0.1) is 16.1 Å². The lowest BCUT2D eigenvalue weighted by Gasteiger charge is -2.19. The summed E-state index contributed by atoms with van der Waals surface area (Å²) >= 11 is 6.54. The molecule has 0 atom stereocenters. The molecule has 2 aromatic heterocycles.